The third-order valence-corrected chi connectivity index (χ3v) is 31.2. The molecule has 0 aliphatic carbocycles. The molecular weight excluding hydrogens is 2130 g/mol. The van der Waals surface area contributed by atoms with Crippen LogP contribution in [0.25, 0.3) is 22.3 Å². The Kier molecular flexibility index (Phi) is 38.7. The van der Waals surface area contributed by atoms with E-state index in [2.05, 4.69) is 49.8 Å². The third kappa shape index (κ3) is 27.3. The summed E-state index contributed by atoms with van der Waals surface area (Å²) in [7, 11) is 6.79. The molecule has 13 N–H and O–H groups in total. The lowest BCUT2D eigenvalue weighted by atomic mass is 10.1. The van der Waals surface area contributed by atoms with Gasteiger partial charge >= 0.3 is 22.8 Å². The number of ether oxygens (including phenoxy) is 16. The van der Waals surface area contributed by atoms with Crippen LogP contribution in [0.2, 0.25) is 0 Å². The van der Waals surface area contributed by atoms with Crippen LogP contribution in [0.3, 0.4) is 0 Å². The smallest absolute Gasteiger partial charge is 0.351 e. The number of imidazole rings is 2. The van der Waals surface area contributed by atoms with Crippen molar-refractivity contribution < 1.29 is 150 Å². The minimum atomic E-state index is -5.33. The molecule has 28 atom stereocenters. The molecule has 6 aliphatic rings. The Hall–Kier alpha value is -6.84. The number of aryl methyl sites for hydroxylation is 4. The van der Waals surface area contributed by atoms with Gasteiger partial charge in [0.2, 0.25) is 5.95 Å². The van der Waals surface area contributed by atoms with Gasteiger partial charge in [0.05, 0.1) is 124 Å². The van der Waals surface area contributed by atoms with Gasteiger partial charge in [-0.3, -0.25) is 51.5 Å². The first-order valence-corrected chi connectivity index (χ1v) is 57.0. The summed E-state index contributed by atoms with van der Waals surface area (Å²) in [5.74, 6) is -0.938. The molecule has 0 bridgehead atoms. The second-order valence-electron chi connectivity index (χ2n) is 33.2. The van der Waals surface area contributed by atoms with Crippen LogP contribution in [0.1, 0.15) is 79.4 Å². The molecule has 804 valence electrons. The molecule has 14 heterocycles. The van der Waals surface area contributed by atoms with Gasteiger partial charge in [0.15, 0.2) is 60.6 Å². The first-order chi connectivity index (χ1) is 68.9. The van der Waals surface area contributed by atoms with Crippen molar-refractivity contribution in [3.05, 3.63) is 129 Å². The Bertz CT molecular complexity index is 6500. The first kappa shape index (κ1) is 114. The Labute approximate surface area is 848 Å². The summed E-state index contributed by atoms with van der Waals surface area (Å²) in [6.45, 7) is -24.6. The Morgan fingerprint density at radius 1 is 0.414 bits per heavy atom. The van der Waals surface area contributed by atoms with Crippen molar-refractivity contribution in [3.63, 3.8) is 0 Å². The number of hydrogen-bond donors (Lipinski definition) is 8. The number of aliphatic hydroxyl groups is 1. The number of nitrogens with zero attached hydrogens (tertiary/aromatic N) is 14. The second-order valence-corrected chi connectivity index (χ2v) is 46.7. The minimum Gasteiger partial charge on any atom is -0.780 e. The zero-order chi connectivity index (χ0) is 105. The quantitative estimate of drug-likeness (QED) is 0.0103. The summed E-state index contributed by atoms with van der Waals surface area (Å²) in [6, 6.07) is 0. The fraction of sp³-hybridized carbons (Fsp3) is 0.658. The predicted octanol–water partition coefficient (Wildman–Crippen LogP) is -3.87. The van der Waals surface area contributed by atoms with Gasteiger partial charge in [0.1, 0.15) is 154 Å². The van der Waals surface area contributed by atoms with Crippen molar-refractivity contribution in [3.8, 4) is 0 Å². The number of H-pyrrole nitrogens is 2. The lowest BCUT2D eigenvalue weighted by Crippen LogP contribution is -2.42. The average Bonchev–Trinajstić information content (AvgIpc) is 1.61. The molecule has 69 heteroatoms. The molecule has 6 fully saturated rings. The van der Waals surface area contributed by atoms with Crippen molar-refractivity contribution >= 4 is 145 Å². The molecule has 59 nitrogen and oxygen atoms in total. The van der Waals surface area contributed by atoms with E-state index in [9.17, 15) is 38.8 Å². The van der Waals surface area contributed by atoms with Crippen molar-refractivity contribution in [2.45, 2.75) is 189 Å². The Morgan fingerprint density at radius 2 is 0.772 bits per heavy atom. The van der Waals surface area contributed by atoms with Crippen LogP contribution in [0.4, 0.5) is 29.2 Å². The number of hydrogen-bond acceptors (Lipinski definition) is 56. The molecule has 6 saturated heterocycles. The third-order valence-electron chi connectivity index (χ3n) is 23.5. The summed E-state index contributed by atoms with van der Waals surface area (Å²) in [4.78, 5) is 179. The van der Waals surface area contributed by atoms with Crippen LogP contribution in [0.15, 0.2) is 72.5 Å². The monoisotopic (exact) mass is 2240 g/mol. The summed E-state index contributed by atoms with van der Waals surface area (Å²) in [5, 5.41) is 11.8. The molecule has 0 spiro atoms. The number of aromatic nitrogens is 16. The average molecular weight is 2240 g/mol. The van der Waals surface area contributed by atoms with Gasteiger partial charge in [-0.25, -0.2) is 39.1 Å². The van der Waals surface area contributed by atoms with E-state index in [0.29, 0.717) is 5.56 Å². The number of anilines is 5. The van der Waals surface area contributed by atoms with Crippen LogP contribution in [0, 0.1) is 27.7 Å². The first-order valence-electron chi connectivity index (χ1n) is 44.3. The fourth-order valence-electron chi connectivity index (χ4n) is 16.4. The van der Waals surface area contributed by atoms with Crippen molar-refractivity contribution in [2.24, 2.45) is 0 Å². The molecule has 0 aromatic carbocycles. The van der Waals surface area contributed by atoms with Crippen LogP contribution in [-0.4, -0.2) is 321 Å². The SMILES string of the molecule is CC[C@H]1O[C@@H](n2cc(C)c(=O)[nH]c2=O)C[C@H]1OP([O-])(=S)OC[C@H]1O[C@@H](n2cc(C)c(N)nc2=O)C(OCCOC)[C@H]1OP(=O)([S-])OC[C@H]1O[C@@H](n2cc(C)c(N)nc2=O)C(OCCOC)[C@H]1OP([O-])(=S)OC[C@H]1O[C@@H](n2cnc3c(N)ncnc32)C(OCCOC)[C@H]1OP([O-])(=S)OC[C@H]1O[C@@H](n2cnc3c(=O)[nH]c(N)nc32)C(OCCOC)[C@H]1OP([O-])(=S)OC[C@H]1O[C@@H](n2cc(C)c(N)nc2=O)C(OCCOC)[C@H]1O. The van der Waals surface area contributed by atoms with Crippen molar-refractivity contribution in [1.29, 1.82) is 0 Å². The zero-order valence-corrected chi connectivity index (χ0v) is 87.4. The van der Waals surface area contributed by atoms with E-state index >= 15 is 19.2 Å². The van der Waals surface area contributed by atoms with Gasteiger partial charge in [-0.1, -0.05) is 54.2 Å². The van der Waals surface area contributed by atoms with Gasteiger partial charge in [0, 0.05) is 89.0 Å². The molecule has 6 aliphatic heterocycles. The predicted molar refractivity (Wildman–Crippen MR) is 510 cm³/mol. The highest BCUT2D eigenvalue weighted by atomic mass is 32.7. The van der Waals surface area contributed by atoms with E-state index in [1.54, 1.807) is 13.8 Å². The molecule has 0 amide bonds. The molecule has 145 heavy (non-hydrogen) atoms. The molecule has 0 radical (unpaired) electrons. The summed E-state index contributed by atoms with van der Waals surface area (Å²) < 4.78 is 180. The van der Waals surface area contributed by atoms with Gasteiger partial charge in [-0.05, 0) is 34.1 Å². The number of aliphatic hydroxyl groups excluding tert-OH is 1. The number of nitrogens with two attached hydrogens (primary N) is 5. The molecule has 0 saturated carbocycles. The maximum atomic E-state index is 15.7. The van der Waals surface area contributed by atoms with Crippen molar-refractivity contribution in [1.82, 2.24) is 77.2 Å². The number of rotatable bonds is 52. The highest BCUT2D eigenvalue weighted by molar-refractivity contribution is 8.32. The number of nitrogens with one attached hydrogen (secondary N) is 2. The van der Waals surface area contributed by atoms with Crippen LogP contribution < -0.4 is 82.1 Å². The number of nitrogen functional groups attached to an aromatic ring is 5. The standard InChI is InChI=1S/C76H112N21O38P5S5/c1-11-39-40(22-46(125-39)92-26-38(5)65(99)91-76(92)104)131-136(105,141)121-28-42-50(55(116-18-13-111-7)68(127-42)94-24-36(3)60(78)87-74(94)102)132-138(107,143)122-29-43-51(56(117-19-14-112-8)69(128-43)95-25-37(4)61(79)88-75(95)103)133-139(108,144)123-30-44-52(57(118-20-15-113-9)70(129-44)96-33-84-47-62(80)82-32-83-63(47)96)135-140(109,145)124-31-45-53(58(119-21-16-114-10)71(130-45)97-34-85-48-64(97)89-72(81)90-66(48)100)134-137(106,142)120-27-41-49(98)54(115-17-12-110-6)67(126-41)93-23-35(2)59(77)86-73(93)101/h23-26,32-34,39-46,49-58,67-71,98H,11-22,27-31H2,1-10H3,(H,105,141)(H,106,142)(H,107,143)(H,108,144)(H,109,145)(H2,77,86,101)(H2,78,87,102)(H2,79,88,103)(H2,80,82,83)(H,91,99,104)(H3,81,89,90,100)/p-5/t39-,40-,41-,42-,43-,44-,45-,46-,49+,50+,51+,52+,53+,54?,55?,56?,57?,58?,67-,68-,69-,70-,71-,136?,137?,138?,139?,140?/m1/s1. The summed E-state index contributed by atoms with van der Waals surface area (Å²) in [5.41, 5.74) is 26.0. The van der Waals surface area contributed by atoms with Gasteiger partial charge in [0.25, 0.3) is 11.1 Å². The van der Waals surface area contributed by atoms with E-state index in [0.717, 1.165) is 30.9 Å². The highest BCUT2D eigenvalue weighted by Crippen LogP contribution is 2.57. The Morgan fingerprint density at radius 3 is 1.19 bits per heavy atom. The van der Waals surface area contributed by atoms with Crippen LogP contribution in [0.5, 0.6) is 0 Å². The van der Waals surface area contributed by atoms with Gasteiger partial charge in [-0.15, -0.1) is 0 Å². The Balaban J connectivity index is 0.761. The maximum absolute atomic E-state index is 15.7. The van der Waals surface area contributed by atoms with E-state index < -0.39 is 242 Å². The molecular formula is C76H107N21O38P5S5-5. The zero-order valence-electron chi connectivity index (χ0n) is 78.8. The highest BCUT2D eigenvalue weighted by Gasteiger charge is 2.56. The van der Waals surface area contributed by atoms with Crippen LogP contribution >= 0.6 is 33.7 Å². The lowest BCUT2D eigenvalue weighted by molar-refractivity contribution is -0.223. The lowest BCUT2D eigenvalue weighted by Gasteiger charge is -2.38. The molecule has 10 unspecified atom stereocenters. The molecule has 8 aromatic heterocycles. The second kappa shape index (κ2) is 49.3. The van der Waals surface area contributed by atoms with Gasteiger partial charge in [-0.2, -0.15) is 19.9 Å². The summed E-state index contributed by atoms with van der Waals surface area (Å²) >= 11 is 28.4. The number of fused-ring (bicyclic) bond motifs is 2. The van der Waals surface area contributed by atoms with E-state index in [1.807, 2.05) is 0 Å². The fourth-order valence-corrected chi connectivity index (χ4v) is 23.6. The maximum Gasteiger partial charge on any atom is 0.351 e. The van der Waals surface area contributed by atoms with Crippen molar-refractivity contribution in [2.75, 3.05) is 163 Å². The van der Waals surface area contributed by atoms with E-state index in [-0.39, 0.29) is 147 Å². The van der Waals surface area contributed by atoms with Crippen LogP contribution in [-0.2, 0) is 185 Å². The number of methoxy groups -OCH3 is 5. The van der Waals surface area contributed by atoms with E-state index in [1.165, 1.54) is 96.6 Å². The largest absolute Gasteiger partial charge is 0.780 e. The summed E-state index contributed by atoms with van der Waals surface area (Å²) in [6.07, 6.45) is -27.5. The molecule has 8 aromatic rings. The molecule has 14 rings (SSSR count). The number of aromatic amines is 2. The normalized spacial score (nSPS) is 29.2. The topological polar surface area (TPSA) is 766 Å². The van der Waals surface area contributed by atoms with Gasteiger partial charge < -0.3 is 187 Å². The van der Waals surface area contributed by atoms with E-state index in [4.69, 9.17) is 209 Å². The minimum absolute atomic E-state index is 0.0131.